The van der Waals surface area contributed by atoms with Gasteiger partial charge in [0.15, 0.2) is 0 Å². The largest absolute Gasteiger partial charge is 0.328 e. The number of aryl methyl sites for hydroxylation is 2. The highest BCUT2D eigenvalue weighted by atomic mass is 16.1. The fraction of sp³-hybridized carbons (Fsp3) is 0.600. The molecule has 0 saturated carbocycles. The smallest absolute Gasteiger partial charge is 0.256 e. The van der Waals surface area contributed by atoms with Crippen molar-refractivity contribution in [2.75, 3.05) is 6.54 Å². The van der Waals surface area contributed by atoms with Crippen LogP contribution in [0, 0.1) is 20.8 Å². The predicted molar refractivity (Wildman–Crippen MR) is 56.5 cm³/mol. The van der Waals surface area contributed by atoms with E-state index in [2.05, 4.69) is 4.98 Å². The van der Waals surface area contributed by atoms with Gasteiger partial charge in [0.1, 0.15) is 5.82 Å². The molecule has 0 fully saturated rings. The lowest BCUT2D eigenvalue weighted by molar-refractivity contribution is 0.511. The van der Waals surface area contributed by atoms with Gasteiger partial charge in [-0.25, -0.2) is 4.98 Å². The Morgan fingerprint density at radius 2 is 2.00 bits per heavy atom. The van der Waals surface area contributed by atoms with Crippen LogP contribution >= 0.6 is 0 Å². The Labute approximate surface area is 83.8 Å². The van der Waals surface area contributed by atoms with Gasteiger partial charge in [0.25, 0.3) is 5.56 Å². The van der Waals surface area contributed by atoms with Gasteiger partial charge in [0.2, 0.25) is 0 Å². The van der Waals surface area contributed by atoms with Crippen LogP contribution in [0.1, 0.15) is 30.0 Å². The van der Waals surface area contributed by atoms with E-state index in [1.807, 2.05) is 20.8 Å². The first-order chi connectivity index (χ1) is 6.49. The average Bonchev–Trinajstić information content (AvgIpc) is 2.14. The van der Waals surface area contributed by atoms with Crippen LogP contribution in [0.25, 0.3) is 0 Å². The highest BCUT2D eigenvalue weighted by molar-refractivity contribution is 5.15. The molecule has 0 amide bonds. The molecular formula is C10H17N3O. The Bertz CT molecular complexity index is 395. The van der Waals surface area contributed by atoms with Crippen molar-refractivity contribution in [1.82, 2.24) is 9.55 Å². The van der Waals surface area contributed by atoms with Crippen LogP contribution in [0.15, 0.2) is 4.79 Å². The van der Waals surface area contributed by atoms with Crippen molar-refractivity contribution in [3.8, 4) is 0 Å². The summed E-state index contributed by atoms with van der Waals surface area (Å²) in [5.74, 6) is 0.732. The molecule has 78 valence electrons. The van der Waals surface area contributed by atoms with Gasteiger partial charge >= 0.3 is 0 Å². The number of hydrogen-bond acceptors (Lipinski definition) is 3. The molecule has 4 heteroatoms. The average molecular weight is 195 g/mol. The predicted octanol–water partition coefficient (Wildman–Crippen LogP) is 0.688. The number of nitrogens with zero attached hydrogens (tertiary/aromatic N) is 2. The normalized spacial score (nSPS) is 12.9. The molecule has 0 aliphatic rings. The van der Waals surface area contributed by atoms with E-state index < -0.39 is 0 Å². The second-order valence-corrected chi connectivity index (χ2v) is 3.63. The number of nitrogens with two attached hydrogens (primary N) is 1. The summed E-state index contributed by atoms with van der Waals surface area (Å²) >= 11 is 0. The lowest BCUT2D eigenvalue weighted by Crippen LogP contribution is -2.32. The van der Waals surface area contributed by atoms with Crippen LogP contribution in [0.5, 0.6) is 0 Å². The lowest BCUT2D eigenvalue weighted by atomic mass is 10.2. The highest BCUT2D eigenvalue weighted by Gasteiger charge is 2.11. The quantitative estimate of drug-likeness (QED) is 0.755. The molecule has 1 aromatic heterocycles. The molecule has 2 N–H and O–H groups in total. The molecule has 1 rings (SSSR count). The zero-order chi connectivity index (χ0) is 10.9. The first kappa shape index (κ1) is 10.9. The van der Waals surface area contributed by atoms with Gasteiger partial charge in [-0.3, -0.25) is 9.36 Å². The van der Waals surface area contributed by atoms with E-state index in [0.29, 0.717) is 12.1 Å². The Hall–Kier alpha value is -1.16. The van der Waals surface area contributed by atoms with E-state index in [1.165, 1.54) is 0 Å². The topological polar surface area (TPSA) is 60.9 Å². The van der Waals surface area contributed by atoms with E-state index in [-0.39, 0.29) is 11.6 Å². The second-order valence-electron chi connectivity index (χ2n) is 3.63. The van der Waals surface area contributed by atoms with Gasteiger partial charge in [-0.1, -0.05) is 0 Å². The van der Waals surface area contributed by atoms with Gasteiger partial charge in [-0.15, -0.1) is 0 Å². The third-order valence-electron chi connectivity index (χ3n) is 2.54. The molecule has 4 nitrogen and oxygen atoms in total. The van der Waals surface area contributed by atoms with E-state index in [0.717, 1.165) is 11.5 Å². The molecule has 14 heavy (non-hydrogen) atoms. The summed E-state index contributed by atoms with van der Waals surface area (Å²) in [5, 5.41) is 0. The summed E-state index contributed by atoms with van der Waals surface area (Å²) in [4.78, 5) is 16.2. The lowest BCUT2D eigenvalue weighted by Gasteiger charge is -2.17. The molecule has 0 radical (unpaired) electrons. The Balaban J connectivity index is 3.44. The standard InChI is InChI=1S/C10H17N3O/c1-6(5-11)13-9(4)12-8(3)7(2)10(13)14/h6H,5,11H2,1-4H3. The molecule has 0 aliphatic carbocycles. The third kappa shape index (κ3) is 1.70. The van der Waals surface area contributed by atoms with Crippen LogP contribution in [0.2, 0.25) is 0 Å². The maximum absolute atomic E-state index is 11.9. The van der Waals surface area contributed by atoms with Crippen LogP contribution in [-0.2, 0) is 0 Å². The zero-order valence-electron chi connectivity index (χ0n) is 9.16. The van der Waals surface area contributed by atoms with Crippen molar-refractivity contribution in [3.63, 3.8) is 0 Å². The fourth-order valence-electron chi connectivity index (χ4n) is 1.49. The summed E-state index contributed by atoms with van der Waals surface area (Å²) < 4.78 is 1.66. The number of rotatable bonds is 2. The molecule has 1 unspecified atom stereocenters. The summed E-state index contributed by atoms with van der Waals surface area (Å²) in [5.41, 5.74) is 7.07. The minimum Gasteiger partial charge on any atom is -0.328 e. The van der Waals surface area contributed by atoms with Crippen molar-refractivity contribution in [3.05, 3.63) is 27.4 Å². The number of hydrogen-bond donors (Lipinski definition) is 1. The maximum atomic E-state index is 11.9. The van der Waals surface area contributed by atoms with Crippen molar-refractivity contribution in [2.45, 2.75) is 33.7 Å². The first-order valence-corrected chi connectivity index (χ1v) is 4.75. The molecule has 0 aliphatic heterocycles. The molecule has 0 bridgehead atoms. The van der Waals surface area contributed by atoms with E-state index in [1.54, 1.807) is 11.5 Å². The molecule has 1 aromatic rings. The minimum absolute atomic E-state index is 0.00861. The third-order valence-corrected chi connectivity index (χ3v) is 2.54. The van der Waals surface area contributed by atoms with Crippen LogP contribution < -0.4 is 11.3 Å². The van der Waals surface area contributed by atoms with E-state index >= 15 is 0 Å². The van der Waals surface area contributed by atoms with Crippen molar-refractivity contribution >= 4 is 0 Å². The van der Waals surface area contributed by atoms with Gasteiger partial charge < -0.3 is 5.73 Å². The summed E-state index contributed by atoms with van der Waals surface area (Å²) in [6, 6.07) is 0.00861. The van der Waals surface area contributed by atoms with Crippen LogP contribution in [0.4, 0.5) is 0 Å². The van der Waals surface area contributed by atoms with Gasteiger partial charge in [0.05, 0.1) is 0 Å². The molecule has 1 atom stereocenters. The van der Waals surface area contributed by atoms with E-state index in [4.69, 9.17) is 5.73 Å². The summed E-state index contributed by atoms with van der Waals surface area (Å²) in [7, 11) is 0. The fourth-order valence-corrected chi connectivity index (χ4v) is 1.49. The molecule has 1 heterocycles. The van der Waals surface area contributed by atoms with Gasteiger partial charge in [0, 0.05) is 23.8 Å². The maximum Gasteiger partial charge on any atom is 0.256 e. The SMILES string of the molecule is Cc1nc(C)n(C(C)CN)c(=O)c1C. The van der Waals surface area contributed by atoms with Crippen molar-refractivity contribution in [1.29, 1.82) is 0 Å². The molecular weight excluding hydrogens is 178 g/mol. The van der Waals surface area contributed by atoms with Crippen LogP contribution in [0.3, 0.4) is 0 Å². The molecule has 0 saturated heterocycles. The first-order valence-electron chi connectivity index (χ1n) is 4.75. The Kier molecular flexibility index (Phi) is 3.06. The minimum atomic E-state index is 0.00861. The van der Waals surface area contributed by atoms with Crippen LogP contribution in [-0.4, -0.2) is 16.1 Å². The van der Waals surface area contributed by atoms with Crippen molar-refractivity contribution in [2.24, 2.45) is 5.73 Å². The van der Waals surface area contributed by atoms with Gasteiger partial charge in [-0.05, 0) is 27.7 Å². The Morgan fingerprint density at radius 1 is 1.43 bits per heavy atom. The summed E-state index contributed by atoms with van der Waals surface area (Å²) in [6.07, 6.45) is 0. The molecule has 0 spiro atoms. The summed E-state index contributed by atoms with van der Waals surface area (Å²) in [6.45, 7) is 7.85. The Morgan fingerprint density at radius 3 is 2.50 bits per heavy atom. The second kappa shape index (κ2) is 3.92. The highest BCUT2D eigenvalue weighted by Crippen LogP contribution is 2.05. The van der Waals surface area contributed by atoms with Crippen molar-refractivity contribution < 1.29 is 0 Å². The van der Waals surface area contributed by atoms with E-state index in [9.17, 15) is 4.79 Å². The molecule has 0 aromatic carbocycles. The monoisotopic (exact) mass is 195 g/mol. The van der Waals surface area contributed by atoms with Gasteiger partial charge in [-0.2, -0.15) is 0 Å². The number of aromatic nitrogens is 2. The zero-order valence-corrected chi connectivity index (χ0v) is 9.16.